The van der Waals surface area contributed by atoms with Crippen LogP contribution in [0, 0.1) is 14.1 Å². The molecule has 3 aromatic carbocycles. The molecule has 0 aliphatic rings. The number of hydrogen-bond acceptors (Lipinski definition) is 0. The van der Waals surface area contributed by atoms with E-state index >= 15 is 0 Å². The highest BCUT2D eigenvalue weighted by atomic mass is 15.0. The Morgan fingerprint density at radius 3 is 2.03 bits per heavy atom. The summed E-state index contributed by atoms with van der Waals surface area (Å²) < 4.78 is 4.03. The lowest BCUT2D eigenvalue weighted by atomic mass is 9.92. The molecule has 0 radical (unpaired) electrons. The van der Waals surface area contributed by atoms with Crippen LogP contribution in [0.15, 0.2) is 78.9 Å². The fourth-order valence-corrected chi connectivity index (χ4v) is 4.42. The Kier molecular flexibility index (Phi) is 6.05. The monoisotopic (exact) mass is 420 g/mol. The van der Waals surface area contributed by atoms with Gasteiger partial charge in [-0.05, 0) is 45.4 Å². The number of para-hydroxylation sites is 1. The first kappa shape index (κ1) is 21.7. The SMILES string of the molecule is [CH2-]/[N+](=C\c1cccc(-c2cccc3ccccc23)[n+]1[CH2-])c1c(C(C)C)cccc1C(C)C. The molecule has 0 N–H and O–H groups in total. The van der Waals surface area contributed by atoms with E-state index < -0.39 is 0 Å². The number of fused-ring (bicyclic) bond motifs is 1. The van der Waals surface area contributed by atoms with Gasteiger partial charge < -0.3 is 9.14 Å². The smallest absolute Gasteiger partial charge is 0.112 e. The van der Waals surface area contributed by atoms with Crippen LogP contribution >= 0.6 is 0 Å². The van der Waals surface area contributed by atoms with Gasteiger partial charge in [0.15, 0.2) is 0 Å². The Bertz CT molecular complexity index is 1260. The molecule has 0 amide bonds. The van der Waals surface area contributed by atoms with E-state index in [4.69, 9.17) is 0 Å². The standard InChI is InChI=1S/C30H32N2/c1-21(2)25-16-11-17-26(22(3)4)30(25)31(5)20-24-14-10-19-29(32(24)6)28-18-9-13-23-12-7-8-15-27(23)28/h7-22H,5-6H2,1-4H3. The molecular formula is C30H32N2. The molecule has 0 aliphatic heterocycles. The average molecular weight is 421 g/mol. The molecule has 0 unspecified atom stereocenters. The van der Waals surface area contributed by atoms with Crippen molar-refractivity contribution >= 4 is 22.7 Å². The van der Waals surface area contributed by atoms with E-state index in [1.54, 1.807) is 0 Å². The highest BCUT2D eigenvalue weighted by molar-refractivity contribution is 5.95. The molecule has 32 heavy (non-hydrogen) atoms. The maximum absolute atomic E-state index is 4.42. The van der Waals surface area contributed by atoms with Gasteiger partial charge in [0.05, 0.1) is 6.21 Å². The summed E-state index contributed by atoms with van der Waals surface area (Å²) in [5.41, 5.74) is 7.05. The van der Waals surface area contributed by atoms with Gasteiger partial charge >= 0.3 is 0 Å². The van der Waals surface area contributed by atoms with Crippen LogP contribution in [0.5, 0.6) is 0 Å². The number of benzene rings is 3. The second-order valence-electron chi connectivity index (χ2n) is 8.98. The fraction of sp³-hybridized carbons (Fsp3) is 0.200. The fourth-order valence-electron chi connectivity index (χ4n) is 4.42. The molecule has 0 spiro atoms. The molecule has 2 heteroatoms. The summed E-state index contributed by atoms with van der Waals surface area (Å²) >= 11 is 0. The molecule has 0 saturated carbocycles. The summed E-state index contributed by atoms with van der Waals surface area (Å²) in [6, 6.07) is 27.8. The van der Waals surface area contributed by atoms with Crippen LogP contribution in [-0.4, -0.2) is 10.8 Å². The predicted molar refractivity (Wildman–Crippen MR) is 135 cm³/mol. The summed E-state index contributed by atoms with van der Waals surface area (Å²) in [7, 11) is 8.82. The minimum atomic E-state index is 0.412. The van der Waals surface area contributed by atoms with Crippen LogP contribution in [0.3, 0.4) is 0 Å². The summed E-state index contributed by atoms with van der Waals surface area (Å²) in [6.07, 6.45) is 2.09. The molecule has 162 valence electrons. The van der Waals surface area contributed by atoms with E-state index in [1.165, 1.54) is 33.2 Å². The van der Waals surface area contributed by atoms with Gasteiger partial charge in [0, 0.05) is 14.1 Å². The van der Waals surface area contributed by atoms with Crippen molar-refractivity contribution in [1.29, 1.82) is 0 Å². The molecule has 0 saturated heterocycles. The molecular weight excluding hydrogens is 388 g/mol. The molecule has 4 aromatic rings. The summed E-state index contributed by atoms with van der Waals surface area (Å²) in [6.45, 7) is 8.94. The number of pyridine rings is 1. The van der Waals surface area contributed by atoms with Crippen LogP contribution in [0.25, 0.3) is 22.0 Å². The van der Waals surface area contributed by atoms with Crippen molar-refractivity contribution in [2.24, 2.45) is 0 Å². The van der Waals surface area contributed by atoms with Gasteiger partial charge in [-0.25, -0.2) is 0 Å². The van der Waals surface area contributed by atoms with E-state index in [2.05, 4.69) is 127 Å². The van der Waals surface area contributed by atoms with Crippen LogP contribution in [0.4, 0.5) is 5.69 Å². The normalized spacial score (nSPS) is 12.1. The first-order chi connectivity index (χ1) is 15.4. The van der Waals surface area contributed by atoms with Crippen LogP contribution in [0.2, 0.25) is 0 Å². The molecule has 1 aromatic heterocycles. The number of aromatic nitrogens is 1. The first-order valence-electron chi connectivity index (χ1n) is 11.3. The number of nitrogens with zero attached hydrogens (tertiary/aromatic N) is 2. The Hall–Kier alpha value is -3.52. The zero-order valence-electron chi connectivity index (χ0n) is 19.5. The second-order valence-corrected chi connectivity index (χ2v) is 8.98. The van der Waals surface area contributed by atoms with Gasteiger partial charge in [-0.15, -0.1) is 0 Å². The highest BCUT2D eigenvalue weighted by Gasteiger charge is 2.16. The van der Waals surface area contributed by atoms with Gasteiger partial charge in [-0.3, -0.25) is 0 Å². The van der Waals surface area contributed by atoms with Crippen molar-refractivity contribution in [2.75, 3.05) is 0 Å². The van der Waals surface area contributed by atoms with Gasteiger partial charge in [-0.2, -0.15) is 0 Å². The number of rotatable bonds is 5. The third kappa shape index (κ3) is 4.01. The number of hydrogen-bond donors (Lipinski definition) is 0. The predicted octanol–water partition coefficient (Wildman–Crippen LogP) is 7.24. The lowest BCUT2D eigenvalue weighted by Gasteiger charge is -2.21. The molecule has 2 nitrogen and oxygen atoms in total. The molecule has 0 fully saturated rings. The zero-order valence-corrected chi connectivity index (χ0v) is 19.5. The highest BCUT2D eigenvalue weighted by Crippen LogP contribution is 2.34. The van der Waals surface area contributed by atoms with E-state index in [0.717, 1.165) is 11.4 Å². The Labute approximate surface area is 192 Å². The van der Waals surface area contributed by atoms with Gasteiger partial charge in [0.2, 0.25) is 0 Å². The largest absolute Gasteiger partial charge is 0.338 e. The van der Waals surface area contributed by atoms with Crippen LogP contribution < -0.4 is 4.57 Å². The summed E-state index contributed by atoms with van der Waals surface area (Å²) in [4.78, 5) is 0. The third-order valence-electron chi connectivity index (χ3n) is 6.11. The van der Waals surface area contributed by atoms with Crippen molar-refractivity contribution < 1.29 is 9.14 Å². The van der Waals surface area contributed by atoms with Gasteiger partial charge in [0.25, 0.3) is 0 Å². The summed E-state index contributed by atoms with van der Waals surface area (Å²) in [5.74, 6) is 0.825. The van der Waals surface area contributed by atoms with Crippen LogP contribution in [0.1, 0.15) is 56.4 Å². The zero-order chi connectivity index (χ0) is 22.8. The maximum atomic E-state index is 4.42. The Morgan fingerprint density at radius 1 is 0.750 bits per heavy atom. The second kappa shape index (κ2) is 8.92. The quantitative estimate of drug-likeness (QED) is 0.183. The topological polar surface area (TPSA) is 6.89 Å². The van der Waals surface area contributed by atoms with E-state index in [0.29, 0.717) is 11.8 Å². The minimum absolute atomic E-state index is 0.412. The first-order valence-corrected chi connectivity index (χ1v) is 11.3. The van der Waals surface area contributed by atoms with Crippen molar-refractivity contribution in [3.8, 4) is 11.3 Å². The third-order valence-corrected chi connectivity index (χ3v) is 6.11. The molecule has 0 atom stereocenters. The maximum Gasteiger partial charge on any atom is 0.112 e. The van der Waals surface area contributed by atoms with E-state index in [1.807, 2.05) is 9.14 Å². The van der Waals surface area contributed by atoms with Crippen LogP contribution in [-0.2, 0) is 0 Å². The van der Waals surface area contributed by atoms with Gasteiger partial charge in [0.1, 0.15) is 17.1 Å². The lowest BCUT2D eigenvalue weighted by molar-refractivity contribution is -0.603. The lowest BCUT2D eigenvalue weighted by Crippen LogP contribution is -2.34. The summed E-state index contributed by atoms with van der Waals surface area (Å²) in [5, 5.41) is 2.45. The van der Waals surface area contributed by atoms with Gasteiger partial charge in [-0.1, -0.05) is 100 Å². The van der Waals surface area contributed by atoms with Crippen molar-refractivity contribution in [1.82, 2.24) is 0 Å². The van der Waals surface area contributed by atoms with E-state index in [-0.39, 0.29) is 0 Å². The molecule has 1 heterocycles. The van der Waals surface area contributed by atoms with Crippen molar-refractivity contribution in [3.05, 3.63) is 110 Å². The Balaban J connectivity index is 1.87. The van der Waals surface area contributed by atoms with Crippen molar-refractivity contribution in [3.63, 3.8) is 0 Å². The van der Waals surface area contributed by atoms with Crippen molar-refractivity contribution in [2.45, 2.75) is 39.5 Å². The molecule has 0 aliphatic carbocycles. The molecule has 4 rings (SSSR count). The van der Waals surface area contributed by atoms with E-state index in [9.17, 15) is 0 Å². The Morgan fingerprint density at radius 2 is 1.34 bits per heavy atom. The molecule has 0 bridgehead atoms. The minimum Gasteiger partial charge on any atom is -0.338 e. The average Bonchev–Trinajstić information content (AvgIpc) is 2.79.